The van der Waals surface area contributed by atoms with Crippen LogP contribution < -0.4 is 42.4 Å². The molecule has 0 aliphatic rings. The Balaban J connectivity index is 0. The van der Waals surface area contributed by atoms with Crippen LogP contribution in [0.25, 0.3) is 0 Å². The van der Waals surface area contributed by atoms with Crippen molar-refractivity contribution in [3.8, 4) is 0 Å². The minimum atomic E-state index is 0. The Morgan fingerprint density at radius 1 is 0.677 bits per heavy atom. The van der Waals surface area contributed by atoms with Gasteiger partial charge in [-0.25, -0.2) is 0 Å². The van der Waals surface area contributed by atoms with Crippen LogP contribution in [0.3, 0.4) is 0 Å². The van der Waals surface area contributed by atoms with Gasteiger partial charge in [0.15, 0.2) is 0 Å². The van der Waals surface area contributed by atoms with Crippen LogP contribution in [0.2, 0.25) is 0 Å². The molecule has 0 nitrogen and oxygen atoms in total. The first-order chi connectivity index (χ1) is 12.7. The second kappa shape index (κ2) is 13.3. The van der Waals surface area contributed by atoms with E-state index in [4.69, 9.17) is 0 Å². The van der Waals surface area contributed by atoms with Gasteiger partial charge >= 0.3 is 21.7 Å². The zero-order valence-corrected chi connectivity index (χ0v) is 24.5. The van der Waals surface area contributed by atoms with E-state index in [2.05, 4.69) is 91.8 Å². The van der Waals surface area contributed by atoms with E-state index in [1.54, 1.807) is 5.56 Å². The summed E-state index contributed by atoms with van der Waals surface area (Å²) in [5, 5.41) is 1.47. The molecule has 5 heteroatoms. The van der Waals surface area contributed by atoms with Gasteiger partial charge in [0.2, 0.25) is 0 Å². The minimum Gasteiger partial charge on any atom is -1.00 e. The van der Waals surface area contributed by atoms with Crippen LogP contribution in [-0.2, 0) is 21.7 Å². The summed E-state index contributed by atoms with van der Waals surface area (Å²) in [7, 11) is 0.738. The predicted octanol–water partition coefficient (Wildman–Crippen LogP) is -3.00. The van der Waals surface area contributed by atoms with Crippen LogP contribution in [0.5, 0.6) is 0 Å². The fourth-order valence-electron chi connectivity index (χ4n) is 4.30. The molecule has 0 aromatic heterocycles. The molecule has 0 bridgehead atoms. The summed E-state index contributed by atoms with van der Waals surface area (Å²) in [6, 6.07) is 13.8. The monoisotopic (exact) mass is 524 g/mol. The third-order valence-electron chi connectivity index (χ3n) is 6.27. The molecule has 0 N–H and O–H groups in total. The molecule has 3 rings (SSSR count). The molecule has 1 unspecified atom stereocenters. The topological polar surface area (TPSA) is 0 Å². The summed E-state index contributed by atoms with van der Waals surface area (Å²) in [6.07, 6.45) is 0. The minimum absolute atomic E-state index is 0. The maximum atomic E-state index is 2.37. The van der Waals surface area contributed by atoms with E-state index in [0.29, 0.717) is 5.54 Å². The molecule has 0 spiro atoms. The second-order valence-corrected chi connectivity index (χ2v) is 9.60. The molecule has 31 heavy (non-hydrogen) atoms. The number of benzene rings is 2. The normalized spacial score (nSPS) is 10.8. The smallest absolute Gasteiger partial charge is 1.00 e. The molecule has 0 fully saturated rings. The molecule has 0 saturated heterocycles. The zero-order valence-electron chi connectivity index (χ0n) is 19.7. The van der Waals surface area contributed by atoms with Crippen molar-refractivity contribution >= 4 is 14.7 Å². The maximum Gasteiger partial charge on any atom is 4.00 e. The van der Waals surface area contributed by atoms with E-state index in [-0.39, 0.29) is 58.9 Å². The van der Waals surface area contributed by atoms with Crippen LogP contribution in [0.15, 0.2) is 36.4 Å². The Morgan fingerprint density at radius 3 is 1.65 bits per heavy atom. The largest absolute Gasteiger partial charge is 4.00 e. The van der Waals surface area contributed by atoms with Gasteiger partial charge in [-0.15, -0.1) is 5.56 Å². The Hall–Kier alpha value is -0.409. The van der Waals surface area contributed by atoms with Crippen LogP contribution in [0.1, 0.15) is 61.2 Å². The van der Waals surface area contributed by atoms with E-state index in [0.717, 1.165) is 9.52 Å². The van der Waals surface area contributed by atoms with Gasteiger partial charge in [0.1, 0.15) is 0 Å². The van der Waals surface area contributed by atoms with E-state index in [1.165, 1.54) is 55.3 Å². The van der Waals surface area contributed by atoms with Gasteiger partial charge in [-0.3, -0.25) is 0 Å². The molecule has 0 saturated carbocycles. The molecule has 164 valence electrons. The summed E-state index contributed by atoms with van der Waals surface area (Å²) in [5.74, 6) is 0. The fourth-order valence-corrected chi connectivity index (χ4v) is 6.30. The van der Waals surface area contributed by atoms with Gasteiger partial charge in [-0.05, 0) is 44.4 Å². The molecular formula is C26H31Cl3SiTi. The van der Waals surface area contributed by atoms with Crippen LogP contribution in [-0.4, -0.2) is 9.52 Å². The van der Waals surface area contributed by atoms with Gasteiger partial charge in [0.05, 0.1) is 9.52 Å². The number of aryl methyl sites for hydroxylation is 3. The number of hydrogen-bond acceptors (Lipinski definition) is 0. The van der Waals surface area contributed by atoms with Gasteiger partial charge in [0, 0.05) is 0 Å². The summed E-state index contributed by atoms with van der Waals surface area (Å²) in [5.41, 5.74) is 14.9. The van der Waals surface area contributed by atoms with E-state index in [9.17, 15) is 0 Å². The number of rotatable bonds is 4. The molecule has 0 aliphatic carbocycles. The van der Waals surface area contributed by atoms with Crippen LogP contribution >= 0.6 is 0 Å². The standard InChI is InChI=1S/C26H31Si.3ClH.Ti/c1-15-12-16(2)14-23(13-15)27-26(24-11-9-10-17(3)18(24)4)25-21(7)19(5)20(6)22(25)8;;;;/h9-14,26H,1-8H3;3*1H;/q-1;;;;+4/p-3. The molecular weight excluding hydrogens is 495 g/mol. The van der Waals surface area contributed by atoms with Crippen LogP contribution in [0, 0.1) is 55.4 Å². The van der Waals surface area contributed by atoms with Gasteiger partial charge in [0.25, 0.3) is 0 Å². The Labute approximate surface area is 225 Å². The molecule has 0 amide bonds. The van der Waals surface area contributed by atoms with Gasteiger partial charge < -0.3 is 37.2 Å². The third-order valence-corrected chi connectivity index (χ3v) is 7.78. The average molecular weight is 526 g/mol. The van der Waals surface area contributed by atoms with E-state index < -0.39 is 0 Å². The third kappa shape index (κ3) is 6.79. The van der Waals surface area contributed by atoms with E-state index >= 15 is 0 Å². The second-order valence-electron chi connectivity index (χ2n) is 8.16. The average Bonchev–Trinajstić information content (AvgIpc) is 2.78. The van der Waals surface area contributed by atoms with Crippen molar-refractivity contribution in [2.75, 3.05) is 0 Å². The van der Waals surface area contributed by atoms with Crippen molar-refractivity contribution in [1.82, 2.24) is 0 Å². The van der Waals surface area contributed by atoms with Gasteiger partial charge in [-0.2, -0.15) is 22.3 Å². The number of halogens is 3. The SMILES string of the molecule is Cc1cc(C)cc([Si]C(c2cccc(C)c2C)[c-]2c(C)c(C)c(C)c2C)c1.[Cl-].[Cl-].[Cl-].[Ti+4]. The molecule has 2 radical (unpaired) electrons. The Bertz CT molecular complexity index is 963. The van der Waals surface area contributed by atoms with Crippen molar-refractivity contribution < 1.29 is 58.9 Å². The quantitative estimate of drug-likeness (QED) is 0.252. The summed E-state index contributed by atoms with van der Waals surface area (Å²) < 4.78 is 0. The predicted molar refractivity (Wildman–Crippen MR) is 120 cm³/mol. The maximum absolute atomic E-state index is 2.37. The van der Waals surface area contributed by atoms with Crippen LogP contribution in [0.4, 0.5) is 0 Å². The molecule has 3 aromatic rings. The summed E-state index contributed by atoms with van der Waals surface area (Å²) >= 11 is 0. The van der Waals surface area contributed by atoms with Crippen molar-refractivity contribution in [2.24, 2.45) is 0 Å². The first-order valence-corrected chi connectivity index (χ1v) is 10.9. The molecule has 0 heterocycles. The molecule has 1 atom stereocenters. The number of hydrogen-bond donors (Lipinski definition) is 0. The Kier molecular flexibility index (Phi) is 14.1. The van der Waals surface area contributed by atoms with Crippen molar-refractivity contribution in [3.63, 3.8) is 0 Å². The molecule has 0 aliphatic heterocycles. The zero-order chi connectivity index (χ0) is 19.9. The van der Waals surface area contributed by atoms with Crippen molar-refractivity contribution in [3.05, 3.63) is 92.0 Å². The molecule has 3 aromatic carbocycles. The first kappa shape index (κ1) is 32.8. The Morgan fingerprint density at radius 2 is 1.16 bits per heavy atom. The first-order valence-electron chi connectivity index (χ1n) is 9.84. The van der Waals surface area contributed by atoms with Gasteiger partial charge in [-0.1, -0.05) is 86.0 Å². The fraction of sp³-hybridized carbons (Fsp3) is 0.346. The summed E-state index contributed by atoms with van der Waals surface area (Å²) in [6.45, 7) is 18.1. The van der Waals surface area contributed by atoms with E-state index in [1.807, 2.05) is 0 Å². The summed E-state index contributed by atoms with van der Waals surface area (Å²) in [4.78, 5) is 0. The van der Waals surface area contributed by atoms with Crippen molar-refractivity contribution in [1.29, 1.82) is 0 Å². The van der Waals surface area contributed by atoms with Crippen molar-refractivity contribution in [2.45, 2.75) is 60.9 Å².